The number of carboxylic acid groups (broad SMARTS) is 1. The van der Waals surface area contributed by atoms with Gasteiger partial charge in [-0.1, -0.05) is 0 Å². The van der Waals surface area contributed by atoms with Crippen LogP contribution in [0.1, 0.15) is 25.7 Å². The summed E-state index contributed by atoms with van der Waals surface area (Å²) in [6, 6.07) is 0. The first kappa shape index (κ1) is 10.6. The Labute approximate surface area is 87.4 Å². The Kier molecular flexibility index (Phi) is 2.75. The number of rotatable bonds is 2. The predicted molar refractivity (Wildman–Crippen MR) is 49.2 cm³/mol. The van der Waals surface area contributed by atoms with Gasteiger partial charge >= 0.3 is 5.97 Å². The van der Waals surface area contributed by atoms with Crippen molar-refractivity contribution in [2.75, 3.05) is 13.2 Å². The number of ether oxygens (including phenoxy) is 2. The molecule has 84 valence electrons. The number of carbonyl (C=O) groups is 2. The third kappa shape index (κ3) is 1.89. The Hall–Kier alpha value is -0.940. The number of carboxylic acids is 1. The molecule has 0 radical (unpaired) electrons. The van der Waals surface area contributed by atoms with Gasteiger partial charge < -0.3 is 14.6 Å². The van der Waals surface area contributed by atoms with Crippen LogP contribution < -0.4 is 0 Å². The summed E-state index contributed by atoms with van der Waals surface area (Å²) in [5.41, 5.74) is 0. The summed E-state index contributed by atoms with van der Waals surface area (Å²) >= 11 is 0. The van der Waals surface area contributed by atoms with Gasteiger partial charge in [-0.25, -0.2) is 0 Å². The molecule has 0 bridgehead atoms. The van der Waals surface area contributed by atoms with Gasteiger partial charge in [0.2, 0.25) is 5.79 Å². The molecule has 1 saturated heterocycles. The highest BCUT2D eigenvalue weighted by Gasteiger charge is 2.49. The standard InChI is InChI=1S/C10H14O5/c11-8(12)6-7-2-1-3-10(9(7)13)14-4-5-15-10/h7H,1-6H2,(H,11,12). The van der Waals surface area contributed by atoms with E-state index in [1.165, 1.54) is 0 Å². The van der Waals surface area contributed by atoms with Crippen molar-refractivity contribution in [3.05, 3.63) is 0 Å². The molecule has 1 aliphatic carbocycles. The summed E-state index contributed by atoms with van der Waals surface area (Å²) in [4.78, 5) is 22.6. The first-order valence-electron chi connectivity index (χ1n) is 5.18. The maximum Gasteiger partial charge on any atom is 0.304 e. The highest BCUT2D eigenvalue weighted by molar-refractivity contribution is 5.91. The van der Waals surface area contributed by atoms with Crippen LogP contribution in [0.15, 0.2) is 0 Å². The lowest BCUT2D eigenvalue weighted by Crippen LogP contribution is -2.47. The second-order valence-electron chi connectivity index (χ2n) is 4.00. The van der Waals surface area contributed by atoms with Crippen molar-refractivity contribution in [3.8, 4) is 0 Å². The van der Waals surface area contributed by atoms with E-state index in [9.17, 15) is 9.59 Å². The van der Waals surface area contributed by atoms with E-state index in [0.29, 0.717) is 26.1 Å². The van der Waals surface area contributed by atoms with Gasteiger partial charge in [0.15, 0.2) is 5.78 Å². The van der Waals surface area contributed by atoms with E-state index in [2.05, 4.69) is 0 Å². The Morgan fingerprint density at radius 3 is 2.73 bits per heavy atom. The molecule has 2 rings (SSSR count). The highest BCUT2D eigenvalue weighted by Crippen LogP contribution is 2.37. The van der Waals surface area contributed by atoms with Crippen LogP contribution in [0.4, 0.5) is 0 Å². The maximum atomic E-state index is 12.0. The second kappa shape index (κ2) is 3.90. The van der Waals surface area contributed by atoms with E-state index in [4.69, 9.17) is 14.6 Å². The van der Waals surface area contributed by atoms with E-state index >= 15 is 0 Å². The lowest BCUT2D eigenvalue weighted by Gasteiger charge is -2.33. The molecule has 2 aliphatic rings. The molecule has 15 heavy (non-hydrogen) atoms. The molecule has 1 atom stereocenters. The molecule has 0 aromatic carbocycles. The summed E-state index contributed by atoms with van der Waals surface area (Å²) in [5.74, 6) is -2.69. The molecule has 1 heterocycles. The van der Waals surface area contributed by atoms with Crippen LogP contribution in [0.25, 0.3) is 0 Å². The van der Waals surface area contributed by atoms with Crippen molar-refractivity contribution in [3.63, 3.8) is 0 Å². The van der Waals surface area contributed by atoms with Crippen LogP contribution in [-0.2, 0) is 19.1 Å². The summed E-state index contributed by atoms with van der Waals surface area (Å²) in [6.07, 6.45) is 1.85. The number of carbonyl (C=O) groups excluding carboxylic acids is 1. The zero-order valence-electron chi connectivity index (χ0n) is 8.40. The molecule has 1 N–H and O–H groups in total. The SMILES string of the molecule is O=C(O)CC1CCCC2(OCCO2)C1=O. The largest absolute Gasteiger partial charge is 0.481 e. The van der Waals surface area contributed by atoms with Gasteiger partial charge in [-0.3, -0.25) is 9.59 Å². The molecule has 2 fully saturated rings. The average Bonchev–Trinajstić information content (AvgIpc) is 2.62. The van der Waals surface area contributed by atoms with Crippen LogP contribution in [-0.4, -0.2) is 35.9 Å². The molecule has 5 heteroatoms. The van der Waals surface area contributed by atoms with Gasteiger partial charge in [0.1, 0.15) is 0 Å². The van der Waals surface area contributed by atoms with Crippen LogP contribution in [0, 0.1) is 5.92 Å². The molecule has 0 aromatic heterocycles. The van der Waals surface area contributed by atoms with E-state index in [1.807, 2.05) is 0 Å². The first-order chi connectivity index (χ1) is 7.14. The smallest absolute Gasteiger partial charge is 0.304 e. The fraction of sp³-hybridized carbons (Fsp3) is 0.800. The number of Topliss-reactive ketones (excluding diaryl/α,β-unsaturated/α-hetero) is 1. The molecular formula is C10H14O5. The van der Waals surface area contributed by atoms with Gasteiger partial charge in [-0.15, -0.1) is 0 Å². The lowest BCUT2D eigenvalue weighted by molar-refractivity contribution is -0.194. The van der Waals surface area contributed by atoms with Gasteiger partial charge in [0.25, 0.3) is 0 Å². The van der Waals surface area contributed by atoms with E-state index in [-0.39, 0.29) is 12.2 Å². The van der Waals surface area contributed by atoms with Crippen LogP contribution in [0.5, 0.6) is 0 Å². The Morgan fingerprint density at radius 1 is 1.47 bits per heavy atom. The minimum Gasteiger partial charge on any atom is -0.481 e. The van der Waals surface area contributed by atoms with Gasteiger partial charge in [0, 0.05) is 12.3 Å². The maximum absolute atomic E-state index is 12.0. The molecule has 1 unspecified atom stereocenters. The Morgan fingerprint density at radius 2 is 2.13 bits per heavy atom. The summed E-state index contributed by atoms with van der Waals surface area (Å²) in [5, 5.41) is 8.68. The molecule has 5 nitrogen and oxygen atoms in total. The van der Waals surface area contributed by atoms with Crippen LogP contribution in [0.3, 0.4) is 0 Å². The topological polar surface area (TPSA) is 72.8 Å². The average molecular weight is 214 g/mol. The number of aliphatic carboxylic acids is 1. The second-order valence-corrected chi connectivity index (χ2v) is 4.00. The molecule has 0 aromatic rings. The third-order valence-electron chi connectivity index (χ3n) is 2.98. The van der Waals surface area contributed by atoms with Crippen molar-refractivity contribution < 1.29 is 24.2 Å². The zero-order chi connectivity index (χ0) is 10.9. The van der Waals surface area contributed by atoms with Gasteiger partial charge in [0.05, 0.1) is 19.6 Å². The van der Waals surface area contributed by atoms with E-state index in [1.54, 1.807) is 0 Å². The fourth-order valence-electron chi connectivity index (χ4n) is 2.29. The molecule has 0 amide bonds. The van der Waals surface area contributed by atoms with Crippen LogP contribution in [0.2, 0.25) is 0 Å². The first-order valence-corrected chi connectivity index (χ1v) is 5.18. The van der Waals surface area contributed by atoms with Gasteiger partial charge in [-0.05, 0) is 12.8 Å². The molecule has 1 spiro atoms. The van der Waals surface area contributed by atoms with Crippen molar-refractivity contribution in [2.45, 2.75) is 31.5 Å². The lowest BCUT2D eigenvalue weighted by atomic mass is 9.81. The minimum atomic E-state index is -1.11. The molecule has 1 aliphatic heterocycles. The highest BCUT2D eigenvalue weighted by atomic mass is 16.7. The quantitative estimate of drug-likeness (QED) is 0.727. The van der Waals surface area contributed by atoms with Crippen molar-refractivity contribution in [1.29, 1.82) is 0 Å². The van der Waals surface area contributed by atoms with Crippen molar-refractivity contribution in [1.82, 2.24) is 0 Å². The van der Waals surface area contributed by atoms with Crippen molar-refractivity contribution in [2.24, 2.45) is 5.92 Å². The number of ketones is 1. The van der Waals surface area contributed by atoms with E-state index in [0.717, 1.165) is 6.42 Å². The number of hydrogen-bond acceptors (Lipinski definition) is 4. The minimum absolute atomic E-state index is 0.118. The number of hydrogen-bond donors (Lipinski definition) is 1. The summed E-state index contributed by atoms with van der Waals surface area (Å²) < 4.78 is 10.7. The summed E-state index contributed by atoms with van der Waals surface area (Å²) in [7, 11) is 0. The molecule has 1 saturated carbocycles. The van der Waals surface area contributed by atoms with Crippen LogP contribution >= 0.6 is 0 Å². The Balaban J connectivity index is 2.09. The summed E-state index contributed by atoms with van der Waals surface area (Å²) in [6.45, 7) is 0.844. The predicted octanol–water partition coefficient (Wildman–Crippen LogP) is 0.573. The molecular weight excluding hydrogens is 200 g/mol. The van der Waals surface area contributed by atoms with Gasteiger partial charge in [-0.2, -0.15) is 0 Å². The normalized spacial score (nSPS) is 29.6. The van der Waals surface area contributed by atoms with Crippen molar-refractivity contribution >= 4 is 11.8 Å². The zero-order valence-corrected chi connectivity index (χ0v) is 8.40. The fourth-order valence-corrected chi connectivity index (χ4v) is 2.29. The third-order valence-corrected chi connectivity index (χ3v) is 2.98. The monoisotopic (exact) mass is 214 g/mol. The van der Waals surface area contributed by atoms with E-state index < -0.39 is 17.7 Å². The Bertz CT molecular complexity index is 280.